The number of carbonyl (C=O) groups is 1. The molecular weight excluding hydrogens is 360 g/mol. The summed E-state index contributed by atoms with van der Waals surface area (Å²) in [5, 5.41) is 3.02. The first-order chi connectivity index (χ1) is 13.7. The molecule has 0 bridgehead atoms. The Bertz CT molecular complexity index is 1040. The van der Waals surface area contributed by atoms with Crippen LogP contribution in [0.3, 0.4) is 0 Å². The summed E-state index contributed by atoms with van der Waals surface area (Å²) in [6, 6.07) is 14.4. The number of carbonyl (C=O) groups excluding carboxylic acids is 1. The molecule has 29 heavy (non-hydrogen) atoms. The smallest absolute Gasteiger partial charge is 0.255 e. The van der Waals surface area contributed by atoms with Crippen molar-refractivity contribution in [2.45, 2.75) is 59.2 Å². The highest BCUT2D eigenvalue weighted by Crippen LogP contribution is 2.25. The van der Waals surface area contributed by atoms with Crippen molar-refractivity contribution in [3.05, 3.63) is 59.4 Å². The Hall–Kier alpha value is -2.66. The summed E-state index contributed by atoms with van der Waals surface area (Å²) >= 11 is 0. The van der Waals surface area contributed by atoms with Gasteiger partial charge in [0.1, 0.15) is 5.82 Å². The number of hydrogen-bond donors (Lipinski definition) is 1. The molecule has 0 aliphatic carbocycles. The van der Waals surface area contributed by atoms with E-state index < -0.39 is 0 Å². The van der Waals surface area contributed by atoms with E-state index in [2.05, 4.69) is 55.5 Å². The largest absolute Gasteiger partial charge is 0.326 e. The van der Waals surface area contributed by atoms with Crippen molar-refractivity contribution in [2.24, 2.45) is 0 Å². The lowest BCUT2D eigenvalue weighted by molar-refractivity contribution is 0.102. The van der Waals surface area contributed by atoms with Crippen LogP contribution in [0.2, 0.25) is 0 Å². The molecule has 5 heteroatoms. The molecule has 152 valence electrons. The summed E-state index contributed by atoms with van der Waals surface area (Å²) in [5.41, 5.74) is 4.80. The third kappa shape index (κ3) is 3.92. The molecule has 1 aliphatic heterocycles. The molecule has 2 heterocycles. The lowest BCUT2D eigenvalue weighted by Crippen LogP contribution is -2.38. The van der Waals surface area contributed by atoms with Gasteiger partial charge in [0, 0.05) is 30.4 Å². The fourth-order valence-corrected chi connectivity index (χ4v) is 3.88. The van der Waals surface area contributed by atoms with Gasteiger partial charge in [0.2, 0.25) is 0 Å². The van der Waals surface area contributed by atoms with Crippen molar-refractivity contribution in [3.63, 3.8) is 0 Å². The summed E-state index contributed by atoms with van der Waals surface area (Å²) in [5.74, 6) is 1.00. The number of benzene rings is 2. The van der Waals surface area contributed by atoms with Crippen LogP contribution in [-0.2, 0) is 18.5 Å². The van der Waals surface area contributed by atoms with Crippen LogP contribution in [0.4, 0.5) is 5.69 Å². The number of fused-ring (bicyclic) bond motifs is 3. The first-order valence-corrected chi connectivity index (χ1v) is 10.4. The molecule has 1 amide bonds. The number of aromatic nitrogens is 2. The third-order valence-corrected chi connectivity index (χ3v) is 5.78. The third-order valence-electron chi connectivity index (χ3n) is 5.78. The molecule has 1 N–H and O–H groups in total. The summed E-state index contributed by atoms with van der Waals surface area (Å²) in [6.07, 6.45) is 0. The van der Waals surface area contributed by atoms with Gasteiger partial charge in [-0.3, -0.25) is 9.69 Å². The number of nitrogens with one attached hydrogen (secondary N) is 1. The van der Waals surface area contributed by atoms with E-state index in [-0.39, 0.29) is 11.3 Å². The van der Waals surface area contributed by atoms with E-state index in [1.807, 2.05) is 36.4 Å². The number of hydrogen-bond acceptors (Lipinski definition) is 3. The molecule has 0 spiro atoms. The molecule has 5 nitrogen and oxygen atoms in total. The highest BCUT2D eigenvalue weighted by Gasteiger charge is 2.22. The zero-order chi connectivity index (χ0) is 20.8. The molecule has 0 unspecified atom stereocenters. The standard InChI is InChI=1S/C24H30N4O/c1-16(2)27-12-13-28-21-11-10-19(14-20(21)26-22(28)15-27)25-23(29)17-6-8-18(9-7-17)24(3,4)5/h6-11,14,16H,12-13,15H2,1-5H3,(H,25,29). The molecule has 0 fully saturated rings. The Morgan fingerprint density at radius 1 is 1.07 bits per heavy atom. The summed E-state index contributed by atoms with van der Waals surface area (Å²) in [4.78, 5) is 20.0. The minimum Gasteiger partial charge on any atom is -0.326 e. The van der Waals surface area contributed by atoms with Crippen molar-refractivity contribution in [1.29, 1.82) is 0 Å². The van der Waals surface area contributed by atoms with Crippen LogP contribution in [0, 0.1) is 0 Å². The Morgan fingerprint density at radius 3 is 2.45 bits per heavy atom. The van der Waals surface area contributed by atoms with Gasteiger partial charge in [0.25, 0.3) is 5.91 Å². The van der Waals surface area contributed by atoms with Crippen molar-refractivity contribution in [1.82, 2.24) is 14.5 Å². The molecule has 1 aliphatic rings. The second-order valence-electron chi connectivity index (χ2n) is 9.23. The predicted octanol–water partition coefficient (Wildman–Crippen LogP) is 4.81. The van der Waals surface area contributed by atoms with E-state index >= 15 is 0 Å². The number of rotatable bonds is 3. The van der Waals surface area contributed by atoms with Crippen molar-refractivity contribution < 1.29 is 4.79 Å². The van der Waals surface area contributed by atoms with Gasteiger partial charge in [-0.25, -0.2) is 4.98 Å². The molecular formula is C24H30N4O. The molecule has 2 aromatic carbocycles. The average molecular weight is 391 g/mol. The molecule has 0 radical (unpaired) electrons. The predicted molar refractivity (Wildman–Crippen MR) is 118 cm³/mol. The number of anilines is 1. The first-order valence-electron chi connectivity index (χ1n) is 10.4. The van der Waals surface area contributed by atoms with E-state index in [0.717, 1.165) is 42.2 Å². The van der Waals surface area contributed by atoms with E-state index in [4.69, 9.17) is 4.98 Å². The molecule has 0 saturated heterocycles. The summed E-state index contributed by atoms with van der Waals surface area (Å²) < 4.78 is 2.30. The zero-order valence-electron chi connectivity index (χ0n) is 18.0. The number of imidazole rings is 1. The maximum absolute atomic E-state index is 12.7. The van der Waals surface area contributed by atoms with Gasteiger partial charge in [-0.2, -0.15) is 0 Å². The lowest BCUT2D eigenvalue weighted by Gasteiger charge is -2.30. The number of amides is 1. The molecule has 1 aromatic heterocycles. The van der Waals surface area contributed by atoms with Crippen LogP contribution < -0.4 is 5.32 Å². The molecule has 4 rings (SSSR count). The van der Waals surface area contributed by atoms with Crippen LogP contribution in [0.5, 0.6) is 0 Å². The average Bonchev–Trinajstić information content (AvgIpc) is 3.04. The minimum absolute atomic E-state index is 0.0748. The van der Waals surface area contributed by atoms with Gasteiger partial charge in [-0.05, 0) is 55.2 Å². The lowest BCUT2D eigenvalue weighted by atomic mass is 9.87. The van der Waals surface area contributed by atoms with Crippen LogP contribution in [0.25, 0.3) is 11.0 Å². The Labute approximate surface area is 172 Å². The normalized spacial score (nSPS) is 15.0. The molecule has 0 saturated carbocycles. The van der Waals surface area contributed by atoms with Gasteiger partial charge in [0.15, 0.2) is 0 Å². The van der Waals surface area contributed by atoms with Crippen LogP contribution >= 0.6 is 0 Å². The molecule has 3 aromatic rings. The van der Waals surface area contributed by atoms with Crippen molar-refractivity contribution in [2.75, 3.05) is 11.9 Å². The SMILES string of the molecule is CC(C)N1CCn2c(nc3cc(NC(=O)c4ccc(C(C)(C)C)cc4)ccc32)C1. The fourth-order valence-electron chi connectivity index (χ4n) is 3.88. The van der Waals surface area contributed by atoms with Crippen LogP contribution in [-0.4, -0.2) is 32.9 Å². The second kappa shape index (κ2) is 7.30. The number of nitrogens with zero attached hydrogens (tertiary/aromatic N) is 3. The quantitative estimate of drug-likeness (QED) is 0.698. The van der Waals surface area contributed by atoms with Crippen LogP contribution in [0.15, 0.2) is 42.5 Å². The van der Waals surface area contributed by atoms with Gasteiger partial charge in [0.05, 0.1) is 17.6 Å². The highest BCUT2D eigenvalue weighted by atomic mass is 16.1. The fraction of sp³-hybridized carbons (Fsp3) is 0.417. The van der Waals surface area contributed by atoms with Crippen molar-refractivity contribution >= 4 is 22.6 Å². The maximum Gasteiger partial charge on any atom is 0.255 e. The van der Waals surface area contributed by atoms with Gasteiger partial charge in [-0.15, -0.1) is 0 Å². The van der Waals surface area contributed by atoms with Gasteiger partial charge >= 0.3 is 0 Å². The van der Waals surface area contributed by atoms with E-state index in [1.165, 1.54) is 5.56 Å². The summed E-state index contributed by atoms with van der Waals surface area (Å²) in [7, 11) is 0. The second-order valence-corrected chi connectivity index (χ2v) is 9.23. The Morgan fingerprint density at radius 2 is 1.79 bits per heavy atom. The summed E-state index contributed by atoms with van der Waals surface area (Å²) in [6.45, 7) is 13.8. The monoisotopic (exact) mass is 390 g/mol. The van der Waals surface area contributed by atoms with E-state index in [9.17, 15) is 4.79 Å². The van der Waals surface area contributed by atoms with Gasteiger partial charge < -0.3 is 9.88 Å². The molecule has 0 atom stereocenters. The Balaban J connectivity index is 1.54. The zero-order valence-corrected chi connectivity index (χ0v) is 18.0. The van der Waals surface area contributed by atoms with E-state index in [0.29, 0.717) is 11.6 Å². The highest BCUT2D eigenvalue weighted by molar-refractivity contribution is 6.05. The maximum atomic E-state index is 12.7. The van der Waals surface area contributed by atoms with E-state index in [1.54, 1.807) is 0 Å². The topological polar surface area (TPSA) is 50.2 Å². The van der Waals surface area contributed by atoms with Crippen molar-refractivity contribution in [3.8, 4) is 0 Å². The van der Waals surface area contributed by atoms with Crippen LogP contribution in [0.1, 0.15) is 56.4 Å². The van der Waals surface area contributed by atoms with Gasteiger partial charge in [-0.1, -0.05) is 32.9 Å². The first kappa shape index (κ1) is 19.6. The minimum atomic E-state index is -0.0974. The Kier molecular flexibility index (Phi) is 4.95.